The second-order valence-electron chi connectivity index (χ2n) is 4.54. The second kappa shape index (κ2) is 5.69. The van der Waals surface area contributed by atoms with Gasteiger partial charge in [0.2, 0.25) is 0 Å². The summed E-state index contributed by atoms with van der Waals surface area (Å²) in [5, 5.41) is 0. The maximum Gasteiger partial charge on any atom is 0.0620 e. The number of likely N-dealkylation sites (tertiary alicyclic amines) is 1. The Kier molecular flexibility index (Phi) is 4.85. The van der Waals surface area contributed by atoms with Crippen LogP contribution in [0.5, 0.6) is 0 Å². The molecule has 1 heterocycles. The van der Waals surface area contributed by atoms with Crippen molar-refractivity contribution in [2.24, 2.45) is 11.7 Å². The molecule has 0 saturated carbocycles. The molecule has 84 valence electrons. The van der Waals surface area contributed by atoms with Crippen molar-refractivity contribution in [3.63, 3.8) is 0 Å². The van der Waals surface area contributed by atoms with Gasteiger partial charge in [-0.3, -0.25) is 4.90 Å². The van der Waals surface area contributed by atoms with Gasteiger partial charge in [-0.2, -0.15) is 0 Å². The molecule has 3 nitrogen and oxygen atoms in total. The van der Waals surface area contributed by atoms with Gasteiger partial charge in [-0.15, -0.1) is 0 Å². The fourth-order valence-corrected chi connectivity index (χ4v) is 2.39. The van der Waals surface area contributed by atoms with Crippen LogP contribution in [0.25, 0.3) is 0 Å². The number of hydrogen-bond donors (Lipinski definition) is 1. The predicted molar refractivity (Wildman–Crippen MR) is 59.3 cm³/mol. The second-order valence-corrected chi connectivity index (χ2v) is 4.54. The highest BCUT2D eigenvalue weighted by molar-refractivity contribution is 4.86. The molecule has 0 aromatic rings. The average Bonchev–Trinajstić information content (AvgIpc) is 2.61. The van der Waals surface area contributed by atoms with Crippen LogP contribution in [0.2, 0.25) is 0 Å². The first kappa shape index (κ1) is 12.0. The summed E-state index contributed by atoms with van der Waals surface area (Å²) in [5.41, 5.74) is 5.78. The molecule has 0 aromatic carbocycles. The lowest BCUT2D eigenvalue weighted by atomic mass is 10.0. The summed E-state index contributed by atoms with van der Waals surface area (Å²) >= 11 is 0. The Morgan fingerprint density at radius 3 is 2.71 bits per heavy atom. The van der Waals surface area contributed by atoms with E-state index in [1.807, 2.05) is 0 Å². The average molecular weight is 200 g/mol. The topological polar surface area (TPSA) is 38.5 Å². The Labute approximate surface area is 87.6 Å². The molecule has 1 aliphatic rings. The Balaban J connectivity index is 2.57. The molecule has 0 radical (unpaired) electrons. The highest BCUT2D eigenvalue weighted by Crippen LogP contribution is 2.23. The zero-order valence-corrected chi connectivity index (χ0v) is 9.70. The van der Waals surface area contributed by atoms with E-state index in [1.165, 1.54) is 19.4 Å². The fraction of sp³-hybridized carbons (Fsp3) is 1.00. The molecule has 0 aliphatic carbocycles. The normalized spacial score (nSPS) is 25.9. The largest absolute Gasteiger partial charge is 0.383 e. The Hall–Kier alpha value is -0.120. The lowest BCUT2D eigenvalue weighted by Crippen LogP contribution is -2.47. The van der Waals surface area contributed by atoms with Gasteiger partial charge in [0, 0.05) is 25.7 Å². The summed E-state index contributed by atoms with van der Waals surface area (Å²) in [5.74, 6) is 0.641. The molecule has 2 atom stereocenters. The number of nitrogens with zero attached hydrogens (tertiary/aromatic N) is 1. The maximum atomic E-state index is 5.78. The van der Waals surface area contributed by atoms with Crippen molar-refractivity contribution in [1.82, 2.24) is 4.90 Å². The zero-order valence-electron chi connectivity index (χ0n) is 9.70. The van der Waals surface area contributed by atoms with Crippen LogP contribution in [0.1, 0.15) is 26.7 Å². The number of rotatable bonds is 5. The van der Waals surface area contributed by atoms with Gasteiger partial charge in [-0.25, -0.2) is 0 Å². The molecule has 0 aromatic heterocycles. The summed E-state index contributed by atoms with van der Waals surface area (Å²) in [6, 6.07) is 1.12. The van der Waals surface area contributed by atoms with Gasteiger partial charge < -0.3 is 10.5 Å². The quantitative estimate of drug-likeness (QED) is 0.722. The van der Waals surface area contributed by atoms with Gasteiger partial charge in [0.1, 0.15) is 0 Å². The van der Waals surface area contributed by atoms with E-state index in [2.05, 4.69) is 18.7 Å². The van der Waals surface area contributed by atoms with Crippen molar-refractivity contribution in [1.29, 1.82) is 0 Å². The van der Waals surface area contributed by atoms with Crippen LogP contribution in [-0.2, 0) is 4.74 Å². The van der Waals surface area contributed by atoms with Crippen molar-refractivity contribution >= 4 is 0 Å². The molecule has 0 spiro atoms. The molecule has 2 N–H and O–H groups in total. The van der Waals surface area contributed by atoms with E-state index in [9.17, 15) is 0 Å². The van der Waals surface area contributed by atoms with Gasteiger partial charge in [-0.05, 0) is 25.3 Å². The molecule has 1 fully saturated rings. The summed E-state index contributed by atoms with van der Waals surface area (Å²) in [4.78, 5) is 2.54. The number of nitrogens with two attached hydrogens (primary N) is 1. The van der Waals surface area contributed by atoms with Gasteiger partial charge in [0.05, 0.1) is 6.61 Å². The van der Waals surface area contributed by atoms with Crippen molar-refractivity contribution in [2.75, 3.05) is 26.8 Å². The van der Waals surface area contributed by atoms with Gasteiger partial charge in [-0.1, -0.05) is 13.8 Å². The molecular formula is C11H24N2O. The Morgan fingerprint density at radius 2 is 2.21 bits per heavy atom. The summed E-state index contributed by atoms with van der Waals surface area (Å²) in [7, 11) is 1.78. The van der Waals surface area contributed by atoms with E-state index < -0.39 is 0 Å². The third kappa shape index (κ3) is 2.69. The van der Waals surface area contributed by atoms with E-state index in [0.717, 1.165) is 13.2 Å². The van der Waals surface area contributed by atoms with Gasteiger partial charge in [0.15, 0.2) is 0 Å². The molecule has 2 unspecified atom stereocenters. The van der Waals surface area contributed by atoms with E-state index >= 15 is 0 Å². The lowest BCUT2D eigenvalue weighted by molar-refractivity contribution is 0.0582. The van der Waals surface area contributed by atoms with Crippen molar-refractivity contribution < 1.29 is 4.74 Å². The van der Waals surface area contributed by atoms with Crippen LogP contribution >= 0.6 is 0 Å². The predicted octanol–water partition coefficient (Wildman–Crippen LogP) is 1.08. The first-order valence-electron chi connectivity index (χ1n) is 5.65. The van der Waals surface area contributed by atoms with E-state index in [0.29, 0.717) is 18.0 Å². The molecule has 3 heteroatoms. The highest BCUT2D eigenvalue weighted by Gasteiger charge is 2.31. The van der Waals surface area contributed by atoms with Crippen LogP contribution in [0.4, 0.5) is 0 Å². The zero-order chi connectivity index (χ0) is 10.6. The van der Waals surface area contributed by atoms with Crippen LogP contribution in [0.15, 0.2) is 0 Å². The van der Waals surface area contributed by atoms with E-state index in [-0.39, 0.29) is 0 Å². The SMILES string of the molecule is COCC(C(C)C)N1CCCC1CN. The number of methoxy groups -OCH3 is 1. The molecule has 0 amide bonds. The van der Waals surface area contributed by atoms with Gasteiger partial charge in [0.25, 0.3) is 0 Å². The van der Waals surface area contributed by atoms with Crippen LogP contribution in [-0.4, -0.2) is 43.8 Å². The monoisotopic (exact) mass is 200 g/mol. The first-order valence-corrected chi connectivity index (χ1v) is 5.65. The molecule has 1 saturated heterocycles. The third-order valence-corrected chi connectivity index (χ3v) is 3.23. The van der Waals surface area contributed by atoms with Crippen LogP contribution in [0, 0.1) is 5.92 Å². The van der Waals surface area contributed by atoms with Gasteiger partial charge >= 0.3 is 0 Å². The minimum atomic E-state index is 0.538. The lowest BCUT2D eigenvalue weighted by Gasteiger charge is -2.34. The molecule has 0 bridgehead atoms. The summed E-state index contributed by atoms with van der Waals surface area (Å²) in [6.07, 6.45) is 2.54. The summed E-state index contributed by atoms with van der Waals surface area (Å²) in [6.45, 7) is 7.32. The standard InChI is InChI=1S/C11H24N2O/c1-9(2)11(8-14-3)13-6-4-5-10(13)7-12/h9-11H,4-8,12H2,1-3H3. The molecule has 1 aliphatic heterocycles. The highest BCUT2D eigenvalue weighted by atomic mass is 16.5. The van der Waals surface area contributed by atoms with Crippen molar-refractivity contribution in [3.05, 3.63) is 0 Å². The minimum absolute atomic E-state index is 0.538. The maximum absolute atomic E-state index is 5.78. The smallest absolute Gasteiger partial charge is 0.0620 e. The van der Waals surface area contributed by atoms with Crippen molar-refractivity contribution in [3.8, 4) is 0 Å². The molecular weight excluding hydrogens is 176 g/mol. The molecule has 14 heavy (non-hydrogen) atoms. The Bertz CT molecular complexity index is 161. The minimum Gasteiger partial charge on any atom is -0.383 e. The first-order chi connectivity index (χ1) is 6.70. The number of ether oxygens (including phenoxy) is 1. The van der Waals surface area contributed by atoms with E-state index in [1.54, 1.807) is 7.11 Å². The van der Waals surface area contributed by atoms with Crippen molar-refractivity contribution in [2.45, 2.75) is 38.8 Å². The van der Waals surface area contributed by atoms with Crippen LogP contribution in [0.3, 0.4) is 0 Å². The number of hydrogen-bond acceptors (Lipinski definition) is 3. The fourth-order valence-electron chi connectivity index (χ4n) is 2.39. The van der Waals surface area contributed by atoms with E-state index in [4.69, 9.17) is 10.5 Å². The third-order valence-electron chi connectivity index (χ3n) is 3.23. The van der Waals surface area contributed by atoms with Crippen LogP contribution < -0.4 is 5.73 Å². The summed E-state index contributed by atoms with van der Waals surface area (Å²) < 4.78 is 5.29. The Morgan fingerprint density at radius 1 is 1.50 bits per heavy atom. The molecule has 1 rings (SSSR count).